The number of imide groups is 1. The predicted octanol–water partition coefficient (Wildman–Crippen LogP) is 2.51. The van der Waals surface area contributed by atoms with E-state index in [4.69, 9.17) is 4.74 Å². The minimum atomic E-state index is -0.460. The first kappa shape index (κ1) is 19.4. The summed E-state index contributed by atoms with van der Waals surface area (Å²) >= 11 is 0. The van der Waals surface area contributed by atoms with Gasteiger partial charge in [-0.3, -0.25) is 14.4 Å². The molecule has 2 aromatic carbocycles. The van der Waals surface area contributed by atoms with Gasteiger partial charge in [0.05, 0.1) is 30.3 Å². The Hall–Kier alpha value is -3.94. The van der Waals surface area contributed by atoms with E-state index in [2.05, 4.69) is 10.3 Å². The molecule has 1 N–H and O–H groups in total. The lowest BCUT2D eigenvalue weighted by Crippen LogP contribution is -2.29. The number of amides is 3. The fraction of sp³-hybridized carbons (Fsp3) is 0.182. The second-order valence-corrected chi connectivity index (χ2v) is 6.82. The van der Waals surface area contributed by atoms with Gasteiger partial charge in [-0.25, -0.2) is 9.88 Å². The van der Waals surface area contributed by atoms with E-state index >= 15 is 0 Å². The van der Waals surface area contributed by atoms with E-state index in [0.717, 1.165) is 17.9 Å². The molecule has 4 rings (SSSR count). The van der Waals surface area contributed by atoms with Crippen LogP contribution in [-0.4, -0.2) is 40.9 Å². The summed E-state index contributed by atoms with van der Waals surface area (Å²) in [6.07, 6.45) is 6.03. The van der Waals surface area contributed by atoms with Crippen LogP contribution in [0.15, 0.2) is 61.2 Å². The average molecular weight is 404 g/mol. The highest BCUT2D eigenvalue weighted by molar-refractivity contribution is 6.34. The number of anilines is 1. The van der Waals surface area contributed by atoms with Crippen LogP contribution < -0.4 is 15.0 Å². The Labute approximate surface area is 173 Å². The molecule has 3 aromatic rings. The van der Waals surface area contributed by atoms with Crippen LogP contribution in [0.1, 0.15) is 37.5 Å². The summed E-state index contributed by atoms with van der Waals surface area (Å²) in [5, 5.41) is 2.84. The van der Waals surface area contributed by atoms with Crippen LogP contribution in [0.4, 0.5) is 5.69 Å². The van der Waals surface area contributed by atoms with Crippen molar-refractivity contribution >= 4 is 23.4 Å². The van der Waals surface area contributed by atoms with Crippen molar-refractivity contribution in [1.29, 1.82) is 0 Å². The van der Waals surface area contributed by atoms with E-state index in [9.17, 15) is 14.4 Å². The van der Waals surface area contributed by atoms with E-state index in [1.165, 1.54) is 19.2 Å². The van der Waals surface area contributed by atoms with Crippen LogP contribution in [0, 0.1) is 0 Å². The Morgan fingerprint density at radius 2 is 1.93 bits per heavy atom. The van der Waals surface area contributed by atoms with Crippen LogP contribution in [0.25, 0.3) is 0 Å². The molecular weight excluding hydrogens is 384 g/mol. The molecule has 0 fully saturated rings. The third-order valence-corrected chi connectivity index (χ3v) is 4.90. The number of fused-ring (bicyclic) bond motifs is 1. The van der Waals surface area contributed by atoms with Crippen molar-refractivity contribution < 1.29 is 19.1 Å². The zero-order valence-electron chi connectivity index (χ0n) is 16.4. The number of nitrogens with zero attached hydrogens (tertiary/aromatic N) is 3. The number of aromatic nitrogens is 2. The van der Waals surface area contributed by atoms with Crippen LogP contribution in [0.5, 0.6) is 5.75 Å². The monoisotopic (exact) mass is 404 g/mol. The minimum Gasteiger partial charge on any atom is -0.497 e. The lowest BCUT2D eigenvalue weighted by molar-refractivity contribution is 0.0923. The second-order valence-electron chi connectivity index (χ2n) is 6.82. The molecule has 1 aliphatic heterocycles. The van der Waals surface area contributed by atoms with Crippen molar-refractivity contribution in [2.45, 2.75) is 13.0 Å². The van der Waals surface area contributed by atoms with Crippen molar-refractivity contribution in [3.05, 3.63) is 77.9 Å². The summed E-state index contributed by atoms with van der Waals surface area (Å²) < 4.78 is 7.11. The lowest BCUT2D eigenvalue weighted by Gasteiger charge is -2.14. The molecule has 0 unspecified atom stereocenters. The predicted molar refractivity (Wildman–Crippen MR) is 110 cm³/mol. The van der Waals surface area contributed by atoms with E-state index in [-0.39, 0.29) is 17.0 Å². The minimum absolute atomic E-state index is 0.217. The van der Waals surface area contributed by atoms with E-state index in [1.54, 1.807) is 42.9 Å². The maximum Gasteiger partial charge on any atom is 0.266 e. The van der Waals surface area contributed by atoms with Gasteiger partial charge < -0.3 is 14.6 Å². The number of hydrogen-bond donors (Lipinski definition) is 1. The molecule has 0 bridgehead atoms. The van der Waals surface area contributed by atoms with Crippen LogP contribution in [0.2, 0.25) is 0 Å². The zero-order valence-corrected chi connectivity index (χ0v) is 16.4. The van der Waals surface area contributed by atoms with Crippen molar-refractivity contribution in [1.82, 2.24) is 14.9 Å². The highest BCUT2D eigenvalue weighted by Gasteiger charge is 2.37. The van der Waals surface area contributed by atoms with E-state index in [1.807, 2.05) is 10.8 Å². The Balaban J connectivity index is 1.46. The molecule has 0 radical (unpaired) electrons. The molecule has 2 heterocycles. The maximum absolute atomic E-state index is 12.9. The summed E-state index contributed by atoms with van der Waals surface area (Å²) in [5.74, 6) is -0.628. The topological polar surface area (TPSA) is 93.5 Å². The Bertz CT molecular complexity index is 1110. The van der Waals surface area contributed by atoms with Gasteiger partial charge in [0.25, 0.3) is 17.7 Å². The van der Waals surface area contributed by atoms with E-state index in [0.29, 0.717) is 23.5 Å². The summed E-state index contributed by atoms with van der Waals surface area (Å²) in [6, 6.07) is 11.3. The number of benzene rings is 2. The molecular formula is C22H20N4O4. The number of ether oxygens (including phenoxy) is 1. The standard InChI is InChI=1S/C22H20N4O4/c1-30-17-5-2-4-16(13-17)26-21(28)18-7-6-15(12-19(18)22(26)29)20(27)24-8-3-10-25-11-9-23-14-25/h2,4-7,9,11-14H,3,8,10H2,1H3,(H,24,27). The number of carbonyl (C=O) groups is 3. The number of carbonyl (C=O) groups excluding carboxylic acids is 3. The fourth-order valence-electron chi connectivity index (χ4n) is 3.35. The number of nitrogens with one attached hydrogen (secondary N) is 1. The molecule has 0 atom stereocenters. The highest BCUT2D eigenvalue weighted by Crippen LogP contribution is 2.30. The van der Waals surface area contributed by atoms with Crippen molar-refractivity contribution in [3.63, 3.8) is 0 Å². The van der Waals surface area contributed by atoms with Gasteiger partial charge in [-0.15, -0.1) is 0 Å². The van der Waals surface area contributed by atoms with Crippen LogP contribution >= 0.6 is 0 Å². The van der Waals surface area contributed by atoms with Crippen molar-refractivity contribution in [2.24, 2.45) is 0 Å². The lowest BCUT2D eigenvalue weighted by atomic mass is 10.1. The molecule has 152 valence electrons. The zero-order chi connectivity index (χ0) is 21.1. The molecule has 0 saturated carbocycles. The van der Waals surface area contributed by atoms with Gasteiger partial charge in [-0.05, 0) is 36.8 Å². The molecule has 0 aliphatic carbocycles. The van der Waals surface area contributed by atoms with Gasteiger partial charge in [-0.2, -0.15) is 0 Å². The second kappa shape index (κ2) is 8.20. The molecule has 8 heteroatoms. The van der Waals surface area contributed by atoms with Gasteiger partial charge in [0.15, 0.2) is 0 Å². The Kier molecular flexibility index (Phi) is 5.30. The smallest absolute Gasteiger partial charge is 0.266 e. The summed E-state index contributed by atoms with van der Waals surface area (Å²) in [4.78, 5) is 43.2. The molecule has 30 heavy (non-hydrogen) atoms. The number of rotatable bonds is 7. The molecule has 3 amide bonds. The number of methoxy groups -OCH3 is 1. The van der Waals surface area contributed by atoms with Crippen molar-refractivity contribution in [3.8, 4) is 5.75 Å². The molecule has 8 nitrogen and oxygen atoms in total. The highest BCUT2D eigenvalue weighted by atomic mass is 16.5. The van der Waals surface area contributed by atoms with Gasteiger partial charge >= 0.3 is 0 Å². The Morgan fingerprint density at radius 1 is 1.10 bits per heavy atom. The maximum atomic E-state index is 12.9. The molecule has 0 spiro atoms. The van der Waals surface area contributed by atoms with Gasteiger partial charge in [0.2, 0.25) is 0 Å². The third kappa shape index (κ3) is 3.67. The Morgan fingerprint density at radius 3 is 2.70 bits per heavy atom. The molecule has 1 aliphatic rings. The van der Waals surface area contributed by atoms with Gasteiger partial charge in [-0.1, -0.05) is 6.07 Å². The van der Waals surface area contributed by atoms with Crippen LogP contribution in [-0.2, 0) is 6.54 Å². The number of hydrogen-bond acceptors (Lipinski definition) is 5. The first-order valence-electron chi connectivity index (χ1n) is 9.49. The summed E-state index contributed by atoms with van der Waals surface area (Å²) in [7, 11) is 1.52. The van der Waals surface area contributed by atoms with Crippen LogP contribution in [0.3, 0.4) is 0 Å². The third-order valence-electron chi connectivity index (χ3n) is 4.90. The normalized spacial score (nSPS) is 12.8. The fourth-order valence-corrected chi connectivity index (χ4v) is 3.35. The molecule has 0 saturated heterocycles. The number of imidazole rings is 1. The SMILES string of the molecule is COc1cccc(N2C(=O)c3ccc(C(=O)NCCCn4ccnc4)cc3C2=O)c1. The van der Waals surface area contributed by atoms with Gasteiger partial charge in [0.1, 0.15) is 5.75 Å². The largest absolute Gasteiger partial charge is 0.497 e. The first-order chi connectivity index (χ1) is 14.6. The first-order valence-corrected chi connectivity index (χ1v) is 9.49. The molecule has 1 aromatic heterocycles. The van der Waals surface area contributed by atoms with Crippen molar-refractivity contribution in [2.75, 3.05) is 18.6 Å². The number of aryl methyl sites for hydroxylation is 1. The van der Waals surface area contributed by atoms with E-state index < -0.39 is 11.8 Å². The average Bonchev–Trinajstić information content (AvgIpc) is 3.37. The summed E-state index contributed by atoms with van der Waals surface area (Å²) in [6.45, 7) is 1.23. The summed E-state index contributed by atoms with van der Waals surface area (Å²) in [5.41, 5.74) is 1.25. The quantitative estimate of drug-likeness (QED) is 0.482. The van der Waals surface area contributed by atoms with Gasteiger partial charge in [0, 0.05) is 37.1 Å².